The minimum absolute atomic E-state index is 0.0341. The van der Waals surface area contributed by atoms with E-state index in [-0.39, 0.29) is 12.5 Å². The molecule has 0 fully saturated rings. The van der Waals surface area contributed by atoms with Crippen molar-refractivity contribution in [2.75, 3.05) is 31.4 Å². The summed E-state index contributed by atoms with van der Waals surface area (Å²) >= 11 is 11.9. The normalized spacial score (nSPS) is 10.1. The van der Waals surface area contributed by atoms with Crippen LogP contribution in [0.4, 0.5) is 11.4 Å². The molecule has 7 heteroatoms. The average molecular weight is 355 g/mol. The number of anilines is 2. The minimum atomic E-state index is -0.257. The van der Waals surface area contributed by atoms with Gasteiger partial charge in [0, 0.05) is 10.0 Å². The Morgan fingerprint density at radius 2 is 1.48 bits per heavy atom. The van der Waals surface area contributed by atoms with E-state index in [1.54, 1.807) is 43.5 Å². The van der Waals surface area contributed by atoms with E-state index >= 15 is 0 Å². The zero-order chi connectivity index (χ0) is 16.8. The molecular formula is C16H16Cl2N2O3. The van der Waals surface area contributed by atoms with Crippen LogP contribution in [0.1, 0.15) is 0 Å². The molecule has 0 saturated carbocycles. The van der Waals surface area contributed by atoms with Crippen LogP contribution in [0.15, 0.2) is 36.4 Å². The number of hydrogen-bond donors (Lipinski definition) is 2. The molecule has 2 N–H and O–H groups in total. The molecule has 0 aliphatic heterocycles. The Labute approximate surface area is 144 Å². The van der Waals surface area contributed by atoms with E-state index in [0.29, 0.717) is 32.9 Å². The second-order valence-corrected chi connectivity index (χ2v) is 5.46. The highest BCUT2D eigenvalue weighted by Gasteiger charge is 2.10. The maximum absolute atomic E-state index is 12.1. The SMILES string of the molecule is COc1ccc(Cl)cc1NCC(=O)Nc1cc(Cl)ccc1OC. The zero-order valence-corrected chi connectivity index (χ0v) is 14.2. The molecule has 0 spiro atoms. The van der Waals surface area contributed by atoms with E-state index < -0.39 is 0 Å². The van der Waals surface area contributed by atoms with Gasteiger partial charge in [0.05, 0.1) is 32.1 Å². The van der Waals surface area contributed by atoms with E-state index in [9.17, 15) is 4.79 Å². The van der Waals surface area contributed by atoms with Gasteiger partial charge < -0.3 is 20.1 Å². The number of nitrogens with one attached hydrogen (secondary N) is 2. The first-order valence-corrected chi connectivity index (χ1v) is 7.50. The lowest BCUT2D eigenvalue weighted by Gasteiger charge is -2.13. The molecule has 23 heavy (non-hydrogen) atoms. The quantitative estimate of drug-likeness (QED) is 0.820. The van der Waals surface area contributed by atoms with Gasteiger partial charge in [0.2, 0.25) is 5.91 Å². The first-order chi connectivity index (χ1) is 11.0. The second kappa shape index (κ2) is 7.94. The third-order valence-corrected chi connectivity index (χ3v) is 3.51. The number of methoxy groups -OCH3 is 2. The molecule has 0 bridgehead atoms. The average Bonchev–Trinajstić information content (AvgIpc) is 2.53. The summed E-state index contributed by atoms with van der Waals surface area (Å²) in [7, 11) is 3.07. The molecule has 0 radical (unpaired) electrons. The summed E-state index contributed by atoms with van der Waals surface area (Å²) in [5, 5.41) is 6.77. The van der Waals surface area contributed by atoms with Crippen LogP contribution < -0.4 is 20.1 Å². The van der Waals surface area contributed by atoms with Crippen molar-refractivity contribution >= 4 is 40.5 Å². The van der Waals surface area contributed by atoms with Crippen LogP contribution in [0.5, 0.6) is 11.5 Å². The Hall–Kier alpha value is -2.11. The van der Waals surface area contributed by atoms with E-state index in [2.05, 4.69) is 10.6 Å². The number of hydrogen-bond acceptors (Lipinski definition) is 4. The van der Waals surface area contributed by atoms with Gasteiger partial charge in [-0.2, -0.15) is 0 Å². The number of amides is 1. The summed E-state index contributed by atoms with van der Waals surface area (Å²) in [5.41, 5.74) is 1.14. The summed E-state index contributed by atoms with van der Waals surface area (Å²) in [6, 6.07) is 10.1. The molecule has 0 aromatic heterocycles. The van der Waals surface area contributed by atoms with Gasteiger partial charge in [-0.1, -0.05) is 23.2 Å². The Morgan fingerprint density at radius 3 is 2.04 bits per heavy atom. The van der Waals surface area contributed by atoms with Crippen LogP contribution in [0, 0.1) is 0 Å². The Kier molecular flexibility index (Phi) is 5.96. The first-order valence-electron chi connectivity index (χ1n) is 6.74. The molecule has 0 aliphatic rings. The number of halogens is 2. The molecule has 0 unspecified atom stereocenters. The van der Waals surface area contributed by atoms with Crippen molar-refractivity contribution in [3.63, 3.8) is 0 Å². The zero-order valence-electron chi connectivity index (χ0n) is 12.7. The minimum Gasteiger partial charge on any atom is -0.495 e. The van der Waals surface area contributed by atoms with Gasteiger partial charge >= 0.3 is 0 Å². The van der Waals surface area contributed by atoms with Gasteiger partial charge in [0.25, 0.3) is 0 Å². The lowest BCUT2D eigenvalue weighted by molar-refractivity contribution is -0.114. The number of carbonyl (C=O) groups is 1. The molecule has 0 saturated heterocycles. The molecule has 0 aliphatic carbocycles. The maximum Gasteiger partial charge on any atom is 0.243 e. The number of carbonyl (C=O) groups excluding carboxylic acids is 1. The van der Waals surface area contributed by atoms with Gasteiger partial charge in [-0.3, -0.25) is 4.79 Å². The van der Waals surface area contributed by atoms with Crippen LogP contribution >= 0.6 is 23.2 Å². The molecule has 2 rings (SSSR count). The molecule has 5 nitrogen and oxygen atoms in total. The number of benzene rings is 2. The molecule has 0 atom stereocenters. The molecule has 122 valence electrons. The van der Waals surface area contributed by atoms with Gasteiger partial charge in [0.15, 0.2) is 0 Å². The van der Waals surface area contributed by atoms with Gasteiger partial charge in [-0.15, -0.1) is 0 Å². The topological polar surface area (TPSA) is 59.6 Å². The van der Waals surface area contributed by atoms with E-state index in [1.807, 2.05) is 0 Å². The van der Waals surface area contributed by atoms with Crippen LogP contribution in [0.2, 0.25) is 10.0 Å². The van der Waals surface area contributed by atoms with E-state index in [1.165, 1.54) is 7.11 Å². The highest BCUT2D eigenvalue weighted by molar-refractivity contribution is 6.31. The fourth-order valence-corrected chi connectivity index (χ4v) is 2.31. The molecule has 1 amide bonds. The summed E-state index contributed by atoms with van der Waals surface area (Å²) in [6.45, 7) is 0.0341. The fraction of sp³-hybridized carbons (Fsp3) is 0.188. The highest BCUT2D eigenvalue weighted by atomic mass is 35.5. The lowest BCUT2D eigenvalue weighted by atomic mass is 10.2. The maximum atomic E-state index is 12.1. The largest absolute Gasteiger partial charge is 0.495 e. The van der Waals surface area contributed by atoms with Crippen molar-refractivity contribution in [1.29, 1.82) is 0 Å². The smallest absolute Gasteiger partial charge is 0.243 e. The lowest BCUT2D eigenvalue weighted by Crippen LogP contribution is -2.22. The summed E-state index contributed by atoms with van der Waals surface area (Å²) < 4.78 is 10.4. The van der Waals surface area contributed by atoms with Crippen LogP contribution in [-0.2, 0) is 4.79 Å². The number of rotatable bonds is 6. The predicted molar refractivity (Wildman–Crippen MR) is 93.1 cm³/mol. The Morgan fingerprint density at radius 1 is 0.957 bits per heavy atom. The van der Waals surface area contributed by atoms with Crippen molar-refractivity contribution in [2.24, 2.45) is 0 Å². The van der Waals surface area contributed by atoms with Gasteiger partial charge in [-0.05, 0) is 36.4 Å². The van der Waals surface area contributed by atoms with Gasteiger partial charge in [-0.25, -0.2) is 0 Å². The Bertz CT molecular complexity index is 708. The second-order valence-electron chi connectivity index (χ2n) is 4.59. The highest BCUT2D eigenvalue weighted by Crippen LogP contribution is 2.29. The fourth-order valence-electron chi connectivity index (χ4n) is 1.97. The summed E-state index contributed by atoms with van der Waals surface area (Å²) in [5.74, 6) is 0.873. The number of ether oxygens (including phenoxy) is 2. The van der Waals surface area contributed by atoms with Crippen molar-refractivity contribution in [3.8, 4) is 11.5 Å². The predicted octanol–water partition coefficient (Wildman–Crippen LogP) is 4.06. The molecular weight excluding hydrogens is 339 g/mol. The van der Waals surface area contributed by atoms with Crippen molar-refractivity contribution < 1.29 is 14.3 Å². The van der Waals surface area contributed by atoms with Crippen LogP contribution in [0.3, 0.4) is 0 Å². The summed E-state index contributed by atoms with van der Waals surface area (Å²) in [4.78, 5) is 12.1. The standard InChI is InChI=1S/C16H16Cl2N2O3/c1-22-14-5-3-10(17)7-12(14)19-9-16(21)20-13-8-11(18)4-6-15(13)23-2/h3-8,19H,9H2,1-2H3,(H,20,21). The third-order valence-electron chi connectivity index (χ3n) is 3.04. The molecule has 0 heterocycles. The van der Waals surface area contributed by atoms with E-state index in [4.69, 9.17) is 32.7 Å². The van der Waals surface area contributed by atoms with Crippen molar-refractivity contribution in [1.82, 2.24) is 0 Å². The monoisotopic (exact) mass is 354 g/mol. The van der Waals surface area contributed by atoms with Crippen molar-refractivity contribution in [3.05, 3.63) is 46.4 Å². The summed E-state index contributed by atoms with van der Waals surface area (Å²) in [6.07, 6.45) is 0. The Balaban J connectivity index is 2.04. The van der Waals surface area contributed by atoms with Crippen molar-refractivity contribution in [2.45, 2.75) is 0 Å². The molecule has 2 aromatic carbocycles. The first kappa shape index (κ1) is 17.2. The van der Waals surface area contributed by atoms with E-state index in [0.717, 1.165) is 0 Å². The third kappa shape index (κ3) is 4.68. The van der Waals surface area contributed by atoms with Crippen LogP contribution in [0.25, 0.3) is 0 Å². The van der Waals surface area contributed by atoms with Crippen LogP contribution in [-0.4, -0.2) is 26.7 Å². The van der Waals surface area contributed by atoms with Gasteiger partial charge in [0.1, 0.15) is 11.5 Å². The molecule has 2 aromatic rings.